The third-order valence-corrected chi connectivity index (χ3v) is 13.9. The van der Waals surface area contributed by atoms with Crippen molar-refractivity contribution in [1.82, 2.24) is 0 Å². The van der Waals surface area contributed by atoms with E-state index in [1.807, 2.05) is 26.8 Å². The molecule has 0 radical (unpaired) electrons. The van der Waals surface area contributed by atoms with E-state index in [1.165, 1.54) is 68.2 Å². The molecule has 0 aliphatic carbocycles. The molecule has 0 amide bonds. The lowest BCUT2D eigenvalue weighted by molar-refractivity contribution is -0.660. The van der Waals surface area contributed by atoms with E-state index in [1.54, 1.807) is 126 Å². The van der Waals surface area contributed by atoms with E-state index >= 15 is 0 Å². The minimum atomic E-state index is -2.23. The zero-order valence-corrected chi connectivity index (χ0v) is 49.1. The van der Waals surface area contributed by atoms with Gasteiger partial charge >= 0.3 is 0 Å². The van der Waals surface area contributed by atoms with Crippen LogP contribution in [-0.4, -0.2) is 0 Å². The van der Waals surface area contributed by atoms with E-state index in [0.29, 0.717) is 16.8 Å². The van der Waals surface area contributed by atoms with Crippen molar-refractivity contribution in [3.8, 4) is 56.3 Å². The molecule has 0 aliphatic rings. The van der Waals surface area contributed by atoms with Gasteiger partial charge in [-0.1, -0.05) is 89.5 Å². The van der Waals surface area contributed by atoms with Crippen molar-refractivity contribution < 1.29 is 47.5 Å². The molecule has 80 heavy (non-hydrogen) atoms. The Balaban J connectivity index is 0.000000195. The smallest absolute Gasteiger partial charge is 0.201 e. The maximum Gasteiger partial charge on any atom is 0.212 e. The van der Waals surface area contributed by atoms with Crippen LogP contribution in [0.1, 0.15) is 108 Å². The Labute approximate surface area is 507 Å². The van der Waals surface area contributed by atoms with Gasteiger partial charge in [0.15, 0.2) is 31.0 Å². The SMILES string of the molecule is Cc1ccc(-c2c(C)cccc2C)[n+](C)c1.Cc1ccc(C)c(-c2ccc(C)c[n+]2C)c1.[2H]C([2H])([2H])c1ccc(-c2c(C)cccc2C([2H])([2H])[2H])[n+](C)c1.[2H]C([2H])([2H])c1ccc(-c2ccc(C([2H])([2H])[2H])c[n+]2C)c(C)c1.[2H]C([2H])([2H])c1ccc(C)c(-c2ccc(C([2H])([2H])[2H])c[n+]2C)c1. The van der Waals surface area contributed by atoms with Gasteiger partial charge in [-0.2, -0.15) is 0 Å². The van der Waals surface area contributed by atoms with E-state index in [2.05, 4.69) is 138 Å². The highest BCUT2D eigenvalue weighted by Gasteiger charge is 2.18. The third-order valence-electron chi connectivity index (χ3n) is 13.9. The molecular formula is C75H90N5+5. The highest BCUT2D eigenvalue weighted by atomic mass is 14.9. The minimum Gasteiger partial charge on any atom is -0.201 e. The summed E-state index contributed by atoms with van der Waals surface area (Å²) in [4.78, 5) is 0. The van der Waals surface area contributed by atoms with Gasteiger partial charge in [0.1, 0.15) is 35.2 Å². The second-order valence-corrected chi connectivity index (χ2v) is 20.8. The molecule has 5 heterocycles. The molecule has 0 bridgehead atoms. The molecule has 0 saturated heterocycles. The summed E-state index contributed by atoms with van der Waals surface area (Å²) >= 11 is 0. The maximum absolute atomic E-state index is 7.71. The Bertz CT molecular complexity index is 4400. The number of hydrogen-bond acceptors (Lipinski definition) is 0. The molecule has 0 N–H and O–H groups in total. The predicted molar refractivity (Wildman–Crippen MR) is 336 cm³/mol. The summed E-state index contributed by atoms with van der Waals surface area (Å²) in [6.45, 7) is 5.46. The van der Waals surface area contributed by atoms with E-state index in [0.717, 1.165) is 39.2 Å². The summed E-state index contributed by atoms with van der Waals surface area (Å²) < 4.78 is 145. The van der Waals surface area contributed by atoms with Gasteiger partial charge in [-0.15, -0.1) is 0 Å². The second-order valence-electron chi connectivity index (χ2n) is 20.8. The van der Waals surface area contributed by atoms with Gasteiger partial charge in [-0.3, -0.25) is 0 Å². The van der Waals surface area contributed by atoms with E-state index in [-0.39, 0.29) is 27.8 Å². The number of nitrogens with zero attached hydrogens (tertiary/aromatic N) is 5. The Hall–Kier alpha value is -8.15. The van der Waals surface area contributed by atoms with Crippen molar-refractivity contribution in [2.75, 3.05) is 0 Å². The third kappa shape index (κ3) is 16.0. The molecule has 5 nitrogen and oxygen atoms in total. The summed E-state index contributed by atoms with van der Waals surface area (Å²) in [7, 11) is 9.46. The van der Waals surface area contributed by atoms with Crippen molar-refractivity contribution in [1.29, 1.82) is 0 Å². The monoisotopic (exact) mass is 1080 g/mol. The lowest BCUT2D eigenvalue weighted by atomic mass is 9.99. The first-order valence-electron chi connectivity index (χ1n) is 35.6. The molecule has 5 heteroatoms. The summed E-state index contributed by atoms with van der Waals surface area (Å²) in [5.74, 6) is 0. The van der Waals surface area contributed by atoms with Crippen LogP contribution in [0.3, 0.4) is 0 Å². The number of aromatic nitrogens is 5. The van der Waals surface area contributed by atoms with Crippen molar-refractivity contribution in [3.63, 3.8) is 0 Å². The van der Waals surface area contributed by atoms with Crippen LogP contribution in [0.15, 0.2) is 183 Å². The zero-order valence-electron chi connectivity index (χ0n) is 67.1. The largest absolute Gasteiger partial charge is 0.212 e. The average molecular weight is 1080 g/mol. The summed E-state index contributed by atoms with van der Waals surface area (Å²) in [5, 5.41) is 0. The Morgan fingerprint density at radius 3 is 0.950 bits per heavy atom. The fourth-order valence-corrected chi connectivity index (χ4v) is 9.76. The minimum absolute atomic E-state index is 0.225. The van der Waals surface area contributed by atoms with Gasteiger partial charge in [0.25, 0.3) is 0 Å². The van der Waals surface area contributed by atoms with Gasteiger partial charge in [-0.05, 0) is 191 Å². The Morgan fingerprint density at radius 2 is 0.550 bits per heavy atom. The lowest BCUT2D eigenvalue weighted by Gasteiger charge is -2.07. The second kappa shape index (κ2) is 27.6. The van der Waals surface area contributed by atoms with Crippen LogP contribution in [0.5, 0.6) is 0 Å². The standard InChI is InChI=1S/5C15H18N/c1-11-5-7-14(13(3)9-11)15-8-6-12(2)10-16(15)4;2*1-11-5-7-13(3)14(9-11)15-8-6-12(2)10-16(15)4;2*1-11-8-9-14(16(4)10-11)15-12(2)6-5-7-13(15)3/h5*5-10H,1-4H3/q5*+1/i2*1D3,2D3;;1D3,2D3;. The normalized spacial score (nSPS) is 14.8. The summed E-state index contributed by atoms with van der Waals surface area (Å²) in [6, 6.07) is 46.8. The van der Waals surface area contributed by atoms with Crippen LogP contribution in [0.2, 0.25) is 0 Å². The highest BCUT2D eigenvalue weighted by Crippen LogP contribution is 2.27. The van der Waals surface area contributed by atoms with Crippen LogP contribution >= 0.6 is 0 Å². The molecular weight excluding hydrogens is 971 g/mol. The van der Waals surface area contributed by atoms with Gasteiger partial charge < -0.3 is 0 Å². The van der Waals surface area contributed by atoms with Crippen LogP contribution in [0, 0.1) is 103 Å². The molecule has 0 atom stereocenters. The molecule has 10 rings (SSSR count). The van der Waals surface area contributed by atoms with Crippen molar-refractivity contribution >= 4 is 0 Å². The Kier molecular flexibility index (Phi) is 13.8. The van der Waals surface area contributed by atoms with Crippen molar-refractivity contribution in [2.24, 2.45) is 35.2 Å². The molecule has 0 fully saturated rings. The van der Waals surface area contributed by atoms with E-state index in [4.69, 9.17) is 24.7 Å². The van der Waals surface area contributed by atoms with Gasteiger partial charge in [-0.25, -0.2) is 22.8 Å². The zero-order chi connectivity index (χ0) is 73.5. The first-order valence-corrected chi connectivity index (χ1v) is 26.6. The molecule has 5 aromatic heterocycles. The maximum atomic E-state index is 7.71. The summed E-state index contributed by atoms with van der Waals surface area (Å²) in [5.41, 5.74) is 21.9. The Morgan fingerprint density at radius 1 is 0.237 bits per heavy atom. The van der Waals surface area contributed by atoms with E-state index < -0.39 is 41.1 Å². The molecule has 5 aromatic carbocycles. The van der Waals surface area contributed by atoms with Crippen molar-refractivity contribution in [2.45, 2.75) is 103 Å². The first kappa shape index (κ1) is 40.1. The van der Waals surface area contributed by atoms with Crippen molar-refractivity contribution in [3.05, 3.63) is 266 Å². The van der Waals surface area contributed by atoms with Crippen LogP contribution in [0.25, 0.3) is 56.3 Å². The molecule has 0 unspecified atom stereocenters. The highest BCUT2D eigenvalue weighted by molar-refractivity contribution is 5.67. The molecule has 10 aromatic rings. The van der Waals surface area contributed by atoms with Crippen LogP contribution in [-0.2, 0) is 35.2 Å². The fourth-order valence-electron chi connectivity index (χ4n) is 9.76. The first-order chi connectivity index (χ1) is 45.2. The molecule has 0 saturated carbocycles. The van der Waals surface area contributed by atoms with E-state index in [9.17, 15) is 0 Å². The topological polar surface area (TPSA) is 19.4 Å². The molecule has 410 valence electrons. The quantitative estimate of drug-likeness (QED) is 0.153. The summed E-state index contributed by atoms with van der Waals surface area (Å²) in [6.07, 6.45) is 9.00. The average Bonchev–Trinajstić information content (AvgIpc) is 0.804. The predicted octanol–water partition coefficient (Wildman–Crippen LogP) is 15.5. The number of benzene rings is 5. The molecule has 0 aliphatic heterocycles. The lowest BCUT2D eigenvalue weighted by Crippen LogP contribution is -2.31. The van der Waals surface area contributed by atoms with Gasteiger partial charge in [0, 0.05) is 99.5 Å². The van der Waals surface area contributed by atoms with Crippen LogP contribution in [0.4, 0.5) is 0 Å². The number of hydrogen-bond donors (Lipinski definition) is 0. The number of aryl methyl sites for hydroxylation is 20. The van der Waals surface area contributed by atoms with Gasteiger partial charge in [0.05, 0.1) is 11.1 Å². The fraction of sp³-hybridized carbons (Fsp3) is 0.267. The van der Waals surface area contributed by atoms with Crippen LogP contribution < -0.4 is 22.8 Å². The molecule has 0 spiro atoms. The van der Waals surface area contributed by atoms with Gasteiger partial charge in [0.2, 0.25) is 28.5 Å². The number of pyridine rings is 5. The number of rotatable bonds is 5.